The molecule has 0 radical (unpaired) electrons. The van der Waals surface area contributed by atoms with Crippen LogP contribution in [0.1, 0.15) is 65.7 Å². The lowest BCUT2D eigenvalue weighted by atomic mass is 9.96. The predicted octanol–water partition coefficient (Wildman–Crippen LogP) is 6.37. The molecule has 4 aromatic rings. The number of rotatable bonds is 10. The van der Waals surface area contributed by atoms with Gasteiger partial charge in [-0.3, -0.25) is 9.59 Å². The minimum atomic E-state index is -0.645. The minimum absolute atomic E-state index is 0. The van der Waals surface area contributed by atoms with E-state index in [9.17, 15) is 14.4 Å². The number of likely N-dealkylation sites (tertiary alicyclic amines) is 2. The van der Waals surface area contributed by atoms with Gasteiger partial charge >= 0.3 is 6.09 Å². The maximum absolute atomic E-state index is 13.2. The Morgan fingerprint density at radius 1 is 0.811 bits per heavy atom. The first-order valence-electron chi connectivity index (χ1n) is 17.6. The number of fused-ring (bicyclic) bond motifs is 1. The lowest BCUT2D eigenvalue weighted by Gasteiger charge is -2.27. The van der Waals surface area contributed by atoms with Gasteiger partial charge in [-0.15, -0.1) is 0 Å². The summed E-state index contributed by atoms with van der Waals surface area (Å²) >= 11 is 0. The number of carbonyl (C=O) groups is 3. The molecular weight excluding hydrogens is 729 g/mol. The predicted molar refractivity (Wildman–Crippen MR) is 224 cm³/mol. The van der Waals surface area contributed by atoms with E-state index < -0.39 is 12.1 Å². The van der Waals surface area contributed by atoms with Crippen LogP contribution < -0.4 is 10.6 Å². The third-order valence-electron chi connectivity index (χ3n) is 10.2. The number of amides is 3. The summed E-state index contributed by atoms with van der Waals surface area (Å²) < 4.78 is 4.70. The summed E-state index contributed by atoms with van der Waals surface area (Å²) in [6, 6.07) is 12.0. The van der Waals surface area contributed by atoms with Crippen LogP contribution in [0.25, 0.3) is 33.2 Å². The van der Waals surface area contributed by atoms with Gasteiger partial charge in [0.15, 0.2) is 0 Å². The van der Waals surface area contributed by atoms with E-state index in [-0.39, 0.29) is 76.2 Å². The Hall–Kier alpha value is -3.95. The van der Waals surface area contributed by atoms with Gasteiger partial charge in [-0.05, 0) is 59.6 Å². The largest absolute Gasteiger partial charge is 0.453 e. The van der Waals surface area contributed by atoms with Gasteiger partial charge in [0.1, 0.15) is 11.9 Å². The summed E-state index contributed by atoms with van der Waals surface area (Å²) in [5.41, 5.74) is 3.89. The van der Waals surface area contributed by atoms with Crippen LogP contribution in [-0.2, 0) is 14.3 Å². The summed E-state index contributed by atoms with van der Waals surface area (Å²) in [5.74, 6) is 1.66. The zero-order valence-corrected chi connectivity index (χ0v) is 34.3. The second kappa shape index (κ2) is 18.9. The number of nitrogens with one attached hydrogen (secondary N) is 3. The molecule has 0 bridgehead atoms. The molecule has 3 amide bonds. The number of anilines is 1. The number of carbonyl (C=O) groups excluding carboxylic acids is 3. The van der Waals surface area contributed by atoms with Gasteiger partial charge in [-0.2, -0.15) is 40.5 Å². The van der Waals surface area contributed by atoms with Crippen LogP contribution in [-0.4, -0.2) is 86.5 Å². The Morgan fingerprint density at radius 3 is 2.11 bits per heavy atom. The fraction of sp³-hybridized carbons (Fsp3) is 0.474. The van der Waals surface area contributed by atoms with Crippen LogP contribution in [0.4, 0.5) is 10.7 Å². The van der Waals surface area contributed by atoms with Crippen LogP contribution in [0, 0.1) is 17.8 Å². The first-order chi connectivity index (χ1) is 24.0. The van der Waals surface area contributed by atoms with Crippen molar-refractivity contribution in [3.8, 4) is 22.4 Å². The highest BCUT2D eigenvalue weighted by atomic mass is 32.1. The quantitative estimate of drug-likeness (QED) is 0.168. The molecule has 15 heteroatoms. The zero-order valence-electron chi connectivity index (χ0n) is 31.3. The summed E-state index contributed by atoms with van der Waals surface area (Å²) in [5, 5.41) is 8.22. The number of aromatic amines is 1. The summed E-state index contributed by atoms with van der Waals surface area (Å²) in [6.07, 6.45) is 7.53. The molecule has 0 spiro atoms. The van der Waals surface area contributed by atoms with Crippen molar-refractivity contribution in [1.82, 2.24) is 35.1 Å². The molecule has 53 heavy (non-hydrogen) atoms. The van der Waals surface area contributed by atoms with Crippen molar-refractivity contribution < 1.29 is 19.1 Å². The van der Waals surface area contributed by atoms with Gasteiger partial charge in [-0.1, -0.05) is 58.9 Å². The maximum atomic E-state index is 13.2. The van der Waals surface area contributed by atoms with Crippen LogP contribution in [0.2, 0.25) is 0 Å². The molecule has 2 saturated heterocycles. The van der Waals surface area contributed by atoms with Crippen LogP contribution in [0.5, 0.6) is 0 Å². The SMILES string of the molecule is COC(=O)N[C@H](C(=O)N1CCC(Nc2ncc(-c3ccc4cc(-c5cnc([C@@H]6CCCN6C(=O)[C@@H](C)C(C)C)[nH]5)ccc4c3)cn2)C1)C(C)C.S.S.S. The molecule has 2 aliphatic rings. The van der Waals surface area contributed by atoms with Crippen LogP contribution >= 0.6 is 40.5 Å². The molecule has 2 fully saturated rings. The van der Waals surface area contributed by atoms with E-state index in [1.807, 2.05) is 44.3 Å². The standard InChI is InChI=1S/C38H48N8O4.3H2S/c1-22(2)24(5)35(47)46-14-7-8-32(46)34-39-20-31(43-34)28-12-11-25-16-27(10-9-26(25)17-28)29-18-40-37(41-19-29)42-30-13-15-45(21-30)36(48)33(23(3)4)44-38(49)50-6;;;/h9-12,16-20,22-24,30,32-33H,7-8,13-15,21H2,1-6H3,(H,39,43)(H,44,49)(H,40,41,42);3*1H2/t24-,30?,32-,33-;;;/m0.../s1. The van der Waals surface area contributed by atoms with Gasteiger partial charge in [0.05, 0.1) is 25.0 Å². The van der Waals surface area contributed by atoms with Crippen molar-refractivity contribution in [2.75, 3.05) is 32.1 Å². The number of hydrogen-bond donors (Lipinski definition) is 3. The van der Waals surface area contributed by atoms with Crippen molar-refractivity contribution in [2.45, 2.75) is 72.0 Å². The highest BCUT2D eigenvalue weighted by Gasteiger charge is 2.35. The van der Waals surface area contributed by atoms with E-state index in [0.29, 0.717) is 25.0 Å². The third kappa shape index (κ3) is 9.78. The molecule has 6 rings (SSSR count). The van der Waals surface area contributed by atoms with Crippen LogP contribution in [0.3, 0.4) is 0 Å². The monoisotopic (exact) mass is 782 g/mol. The average molecular weight is 783 g/mol. The number of methoxy groups -OCH3 is 1. The molecule has 12 nitrogen and oxygen atoms in total. The minimum Gasteiger partial charge on any atom is -0.453 e. The third-order valence-corrected chi connectivity index (χ3v) is 10.2. The normalized spacial score (nSPS) is 17.8. The van der Waals surface area contributed by atoms with E-state index in [1.165, 1.54) is 7.11 Å². The molecule has 2 aromatic carbocycles. The van der Waals surface area contributed by atoms with Gasteiger partial charge in [0, 0.05) is 55.1 Å². The van der Waals surface area contributed by atoms with E-state index in [2.05, 4.69) is 75.8 Å². The van der Waals surface area contributed by atoms with Gasteiger partial charge in [0.2, 0.25) is 17.8 Å². The average Bonchev–Trinajstić information content (AvgIpc) is 3.91. The lowest BCUT2D eigenvalue weighted by molar-refractivity contribution is -0.137. The van der Waals surface area contributed by atoms with Crippen molar-refractivity contribution in [1.29, 1.82) is 0 Å². The molecule has 2 aliphatic heterocycles. The number of benzene rings is 2. The molecule has 1 unspecified atom stereocenters. The molecule has 0 aliphatic carbocycles. The summed E-state index contributed by atoms with van der Waals surface area (Å²) in [6.45, 7) is 11.9. The van der Waals surface area contributed by atoms with Crippen molar-refractivity contribution in [2.24, 2.45) is 17.8 Å². The number of H-pyrrole nitrogens is 1. The zero-order chi connectivity index (χ0) is 35.5. The first kappa shape index (κ1) is 43.5. The smallest absolute Gasteiger partial charge is 0.407 e. The Labute approximate surface area is 333 Å². The summed E-state index contributed by atoms with van der Waals surface area (Å²) in [4.78, 5) is 59.2. The number of nitrogens with zero attached hydrogens (tertiary/aromatic N) is 5. The van der Waals surface area contributed by atoms with Crippen molar-refractivity contribution in [3.05, 3.63) is 60.8 Å². The fourth-order valence-corrected chi connectivity index (χ4v) is 6.82. The highest BCUT2D eigenvalue weighted by Crippen LogP contribution is 2.34. The molecule has 4 atom stereocenters. The Kier molecular flexibility index (Phi) is 15.5. The lowest BCUT2D eigenvalue weighted by Crippen LogP contribution is -2.51. The molecular formula is C38H54N8O4S3. The Bertz CT molecular complexity index is 1850. The van der Waals surface area contributed by atoms with Crippen LogP contribution in [0.15, 0.2) is 55.0 Å². The van der Waals surface area contributed by atoms with Gasteiger partial charge in [-0.25, -0.2) is 19.7 Å². The topological polar surface area (TPSA) is 145 Å². The molecule has 2 aromatic heterocycles. The van der Waals surface area contributed by atoms with Gasteiger partial charge < -0.3 is 30.2 Å². The second-order valence-corrected chi connectivity index (χ2v) is 14.2. The number of alkyl carbamates (subject to hydrolysis) is 1. The molecule has 0 saturated carbocycles. The molecule has 4 heterocycles. The van der Waals surface area contributed by atoms with E-state index in [0.717, 1.165) is 64.8 Å². The summed E-state index contributed by atoms with van der Waals surface area (Å²) in [7, 11) is 1.29. The second-order valence-electron chi connectivity index (χ2n) is 14.2. The number of aromatic nitrogens is 4. The number of hydrogen-bond acceptors (Lipinski definition) is 8. The molecule has 3 N–H and O–H groups in total. The Balaban J connectivity index is 0.00000252. The Morgan fingerprint density at radius 2 is 1.47 bits per heavy atom. The maximum Gasteiger partial charge on any atom is 0.407 e. The van der Waals surface area contributed by atoms with Crippen molar-refractivity contribution in [3.63, 3.8) is 0 Å². The number of ether oxygens (including phenoxy) is 1. The number of imidazole rings is 1. The first-order valence-corrected chi connectivity index (χ1v) is 17.6. The fourth-order valence-electron chi connectivity index (χ4n) is 6.82. The van der Waals surface area contributed by atoms with Crippen molar-refractivity contribution >= 4 is 75.1 Å². The van der Waals surface area contributed by atoms with E-state index in [4.69, 9.17) is 9.72 Å². The van der Waals surface area contributed by atoms with Gasteiger partial charge in [0.25, 0.3) is 0 Å². The highest BCUT2D eigenvalue weighted by molar-refractivity contribution is 7.59. The van der Waals surface area contributed by atoms with E-state index in [1.54, 1.807) is 4.90 Å². The van der Waals surface area contributed by atoms with E-state index >= 15 is 0 Å². The molecule has 288 valence electrons.